The van der Waals surface area contributed by atoms with Crippen molar-refractivity contribution >= 4 is 11.9 Å². The van der Waals surface area contributed by atoms with E-state index in [1.165, 1.54) is 7.11 Å². The first-order valence-corrected chi connectivity index (χ1v) is 8.35. The number of hydrogen-bond donors (Lipinski definition) is 1. The Morgan fingerprint density at radius 2 is 1.76 bits per heavy atom. The number of halogens is 1. The van der Waals surface area contributed by atoms with Gasteiger partial charge >= 0.3 is 133 Å². The van der Waals surface area contributed by atoms with E-state index in [1.807, 2.05) is 24.3 Å². The topological polar surface area (TPSA) is 63.6 Å². The zero-order valence-electron chi connectivity index (χ0n) is 11.6. The van der Waals surface area contributed by atoms with Crippen LogP contribution in [0.15, 0.2) is 42.5 Å². The van der Waals surface area contributed by atoms with Crippen LogP contribution in [0.25, 0.3) is 0 Å². The zero-order chi connectivity index (χ0) is 15.4. The number of carboxylic acids is 1. The fraction of sp³-hybridized carbons (Fsp3) is 0.125. The van der Waals surface area contributed by atoms with Crippen LogP contribution in [0, 0.1) is 14.1 Å². The second-order valence-corrected chi connectivity index (χ2v) is 7.28. The van der Waals surface area contributed by atoms with Gasteiger partial charge in [-0.05, 0) is 0 Å². The van der Waals surface area contributed by atoms with E-state index in [0.29, 0.717) is 11.1 Å². The first-order chi connectivity index (χ1) is 10.0. The molecular formula is C16H14IO4-. The monoisotopic (exact) mass is 397 g/mol. The van der Waals surface area contributed by atoms with Gasteiger partial charge in [-0.15, -0.1) is 0 Å². The van der Waals surface area contributed by atoms with Gasteiger partial charge in [0.05, 0.1) is 0 Å². The maximum atomic E-state index is 11.4. The molecule has 0 unspecified atom stereocenters. The molecule has 0 aliphatic carbocycles. The number of carbonyl (C=O) groups is 2. The van der Waals surface area contributed by atoms with Crippen LogP contribution in [0.4, 0.5) is 0 Å². The number of methoxy groups -OCH3 is 1. The van der Waals surface area contributed by atoms with Crippen molar-refractivity contribution in [3.05, 3.63) is 66.3 Å². The summed E-state index contributed by atoms with van der Waals surface area (Å²) in [5, 5.41) is 9.33. The summed E-state index contributed by atoms with van der Waals surface area (Å²) in [4.78, 5) is 22.8. The van der Waals surface area contributed by atoms with Crippen molar-refractivity contribution in [1.29, 1.82) is 0 Å². The van der Waals surface area contributed by atoms with Gasteiger partial charge in [-0.25, -0.2) is 0 Å². The molecule has 1 N–H and O–H groups in total. The molecule has 0 aliphatic heterocycles. The minimum absolute atomic E-state index is 0.374. The molecule has 2 aromatic carbocycles. The Kier molecular flexibility index (Phi) is 4.95. The van der Waals surface area contributed by atoms with Gasteiger partial charge < -0.3 is 0 Å². The summed E-state index contributed by atoms with van der Waals surface area (Å²) in [7, 11) is 1.34. The van der Waals surface area contributed by atoms with Crippen LogP contribution in [0.5, 0.6) is 0 Å². The molecule has 5 heteroatoms. The average Bonchev–Trinajstić information content (AvgIpc) is 2.47. The number of ether oxygens (including phenoxy) is 1. The number of aryl methyl sites for hydroxylation is 1. The fourth-order valence-electron chi connectivity index (χ4n) is 1.87. The van der Waals surface area contributed by atoms with E-state index in [-0.39, 0.29) is 5.97 Å². The van der Waals surface area contributed by atoms with Crippen LogP contribution in [-0.2, 0) is 4.74 Å². The minimum atomic E-state index is -0.894. The summed E-state index contributed by atoms with van der Waals surface area (Å²) in [5.74, 6) is -1.27. The molecule has 0 atom stereocenters. The van der Waals surface area contributed by atoms with Crippen molar-refractivity contribution in [3.8, 4) is 0 Å². The molecule has 4 nitrogen and oxygen atoms in total. The second kappa shape index (κ2) is 6.71. The van der Waals surface area contributed by atoms with E-state index in [0.717, 1.165) is 12.7 Å². The molecule has 0 aliphatic rings. The molecule has 0 spiro atoms. The number of carbonyl (C=O) groups excluding carboxylic acids is 1. The van der Waals surface area contributed by atoms with Gasteiger partial charge in [0.15, 0.2) is 0 Å². The molecule has 110 valence electrons. The summed E-state index contributed by atoms with van der Waals surface area (Å²) >= 11 is -0.613. The normalized spacial score (nSPS) is 10.4. The zero-order valence-corrected chi connectivity index (χ0v) is 13.7. The van der Waals surface area contributed by atoms with E-state index in [1.54, 1.807) is 25.1 Å². The quantitative estimate of drug-likeness (QED) is 0.564. The molecule has 0 saturated heterocycles. The van der Waals surface area contributed by atoms with E-state index < -0.39 is 27.2 Å². The van der Waals surface area contributed by atoms with Crippen LogP contribution in [0.1, 0.15) is 26.3 Å². The Morgan fingerprint density at radius 3 is 2.33 bits per heavy atom. The Bertz CT molecular complexity index is 677. The first kappa shape index (κ1) is 15.5. The van der Waals surface area contributed by atoms with Crippen molar-refractivity contribution < 1.29 is 40.6 Å². The molecular weight excluding hydrogens is 383 g/mol. The number of carboxylic acid groups (broad SMARTS) is 1. The van der Waals surface area contributed by atoms with Crippen LogP contribution in [0.2, 0.25) is 0 Å². The van der Waals surface area contributed by atoms with E-state index in [4.69, 9.17) is 0 Å². The van der Waals surface area contributed by atoms with Crippen molar-refractivity contribution in [2.45, 2.75) is 6.92 Å². The summed E-state index contributed by atoms with van der Waals surface area (Å²) in [6.45, 7) is 1.80. The predicted molar refractivity (Wildman–Crippen MR) is 73.3 cm³/mol. The van der Waals surface area contributed by atoms with Crippen molar-refractivity contribution in [1.82, 2.24) is 0 Å². The van der Waals surface area contributed by atoms with Gasteiger partial charge in [-0.2, -0.15) is 0 Å². The third-order valence-electron chi connectivity index (χ3n) is 2.91. The molecule has 0 saturated carbocycles. The molecule has 0 heterocycles. The first-order valence-electron chi connectivity index (χ1n) is 6.19. The standard InChI is InChI=1S/C16H14IO4/c1-10-4-3-5-13(14(10)15(18)19)17-12-8-6-11(7-9-12)16(20)21-2/h3-9H,1-2H3,(H,18,19)/q-1. The average molecular weight is 397 g/mol. The van der Waals surface area contributed by atoms with Crippen LogP contribution in [0.3, 0.4) is 0 Å². The molecule has 0 amide bonds. The Hall–Kier alpha value is -1.89. The predicted octanol–water partition coefficient (Wildman–Crippen LogP) is -0.392. The number of rotatable bonds is 4. The second-order valence-electron chi connectivity index (χ2n) is 4.33. The molecule has 0 radical (unpaired) electrons. The SMILES string of the molecule is COC(=O)c1ccc([I-]c2cccc(C)c2C(=O)O)cc1. The number of esters is 1. The summed E-state index contributed by atoms with van der Waals surface area (Å²) in [6.07, 6.45) is 0. The van der Waals surface area contributed by atoms with E-state index in [2.05, 4.69) is 4.74 Å². The third kappa shape index (κ3) is 3.60. The van der Waals surface area contributed by atoms with Crippen LogP contribution < -0.4 is 21.2 Å². The molecule has 0 aromatic heterocycles. The maximum absolute atomic E-state index is 11.4. The van der Waals surface area contributed by atoms with Crippen LogP contribution >= 0.6 is 0 Å². The number of benzene rings is 2. The number of hydrogen-bond acceptors (Lipinski definition) is 3. The van der Waals surface area contributed by atoms with Gasteiger partial charge in [0.25, 0.3) is 0 Å². The summed E-state index contributed by atoms with van der Waals surface area (Å²) in [5.41, 5.74) is 1.65. The molecule has 0 fully saturated rings. The fourth-order valence-corrected chi connectivity index (χ4v) is 4.57. The van der Waals surface area contributed by atoms with Crippen molar-refractivity contribution in [3.63, 3.8) is 0 Å². The summed E-state index contributed by atoms with van der Waals surface area (Å²) < 4.78 is 6.57. The van der Waals surface area contributed by atoms with Crippen LogP contribution in [-0.4, -0.2) is 24.2 Å². The van der Waals surface area contributed by atoms with Gasteiger partial charge in [0, 0.05) is 0 Å². The van der Waals surface area contributed by atoms with Gasteiger partial charge in [0.2, 0.25) is 0 Å². The third-order valence-corrected chi connectivity index (χ3v) is 5.73. The Labute approximate surface area is 133 Å². The van der Waals surface area contributed by atoms with E-state index in [9.17, 15) is 14.7 Å². The van der Waals surface area contributed by atoms with Crippen molar-refractivity contribution in [2.24, 2.45) is 0 Å². The van der Waals surface area contributed by atoms with E-state index >= 15 is 0 Å². The molecule has 2 rings (SSSR count). The Balaban J connectivity index is 2.29. The van der Waals surface area contributed by atoms with Gasteiger partial charge in [-0.1, -0.05) is 0 Å². The Morgan fingerprint density at radius 1 is 1.10 bits per heavy atom. The number of aromatic carboxylic acids is 1. The molecule has 21 heavy (non-hydrogen) atoms. The van der Waals surface area contributed by atoms with Gasteiger partial charge in [-0.3, -0.25) is 0 Å². The molecule has 0 bridgehead atoms. The van der Waals surface area contributed by atoms with Crippen molar-refractivity contribution in [2.75, 3.05) is 7.11 Å². The van der Waals surface area contributed by atoms with Gasteiger partial charge in [0.1, 0.15) is 0 Å². The summed E-state index contributed by atoms with van der Waals surface area (Å²) in [6, 6.07) is 12.7. The molecule has 2 aromatic rings.